The smallest absolute Gasteiger partial charge is 0.287 e. The van der Waals surface area contributed by atoms with Crippen LogP contribution in [0, 0.1) is 0 Å². The van der Waals surface area contributed by atoms with Gasteiger partial charge >= 0.3 is 0 Å². The number of hydrogen-bond acceptors (Lipinski definition) is 7. The van der Waals surface area contributed by atoms with Crippen LogP contribution >= 0.6 is 0 Å². The lowest BCUT2D eigenvalue weighted by atomic mass is 10.0. The van der Waals surface area contributed by atoms with Gasteiger partial charge in [0.2, 0.25) is 11.8 Å². The second-order valence-corrected chi connectivity index (χ2v) is 8.25. The minimum atomic E-state index is -0.960. The maximum Gasteiger partial charge on any atom is 0.287 e. The van der Waals surface area contributed by atoms with E-state index in [0.29, 0.717) is 17.1 Å². The van der Waals surface area contributed by atoms with Crippen molar-refractivity contribution in [3.05, 3.63) is 47.9 Å². The van der Waals surface area contributed by atoms with Gasteiger partial charge < -0.3 is 34.2 Å². The van der Waals surface area contributed by atoms with Gasteiger partial charge in [-0.15, -0.1) is 0 Å². The van der Waals surface area contributed by atoms with Crippen molar-refractivity contribution in [2.75, 3.05) is 41.0 Å². The molecule has 0 saturated heterocycles. The van der Waals surface area contributed by atoms with Crippen molar-refractivity contribution in [1.82, 2.24) is 15.5 Å². The predicted octanol–water partition coefficient (Wildman–Crippen LogP) is 2.30. The summed E-state index contributed by atoms with van der Waals surface area (Å²) in [4.78, 5) is 40.6. The topological polar surface area (TPSA) is 119 Å². The van der Waals surface area contributed by atoms with E-state index in [1.807, 2.05) is 0 Å². The van der Waals surface area contributed by atoms with Crippen molar-refractivity contribution in [2.45, 2.75) is 37.8 Å². The van der Waals surface area contributed by atoms with E-state index in [2.05, 4.69) is 10.6 Å². The number of furan rings is 1. The fraction of sp³-hybridized carbons (Fsp3) is 0.480. The molecule has 1 heterocycles. The highest BCUT2D eigenvalue weighted by molar-refractivity contribution is 5.95. The molecule has 0 unspecified atom stereocenters. The van der Waals surface area contributed by atoms with E-state index in [1.165, 1.54) is 38.6 Å². The summed E-state index contributed by atoms with van der Waals surface area (Å²) < 4.78 is 21.1. The molecule has 10 nitrogen and oxygen atoms in total. The molecule has 1 aliphatic carbocycles. The molecule has 35 heavy (non-hydrogen) atoms. The third-order valence-electron chi connectivity index (χ3n) is 5.99. The number of benzene rings is 1. The van der Waals surface area contributed by atoms with E-state index in [1.54, 1.807) is 24.3 Å². The lowest BCUT2D eigenvalue weighted by Crippen LogP contribution is -2.49. The normalized spacial score (nSPS) is 14.3. The van der Waals surface area contributed by atoms with Crippen LogP contribution in [0.2, 0.25) is 0 Å². The molecule has 0 bridgehead atoms. The zero-order valence-corrected chi connectivity index (χ0v) is 20.4. The molecule has 2 N–H and O–H groups in total. The van der Waals surface area contributed by atoms with Crippen molar-refractivity contribution >= 4 is 17.7 Å². The van der Waals surface area contributed by atoms with E-state index in [9.17, 15) is 14.4 Å². The van der Waals surface area contributed by atoms with Gasteiger partial charge in [-0.3, -0.25) is 14.4 Å². The van der Waals surface area contributed by atoms with Crippen LogP contribution in [0.3, 0.4) is 0 Å². The van der Waals surface area contributed by atoms with Gasteiger partial charge in [-0.05, 0) is 42.7 Å². The van der Waals surface area contributed by atoms with Crippen LogP contribution in [-0.4, -0.2) is 69.7 Å². The molecule has 3 amide bonds. The molecule has 1 fully saturated rings. The van der Waals surface area contributed by atoms with E-state index in [-0.39, 0.29) is 37.4 Å². The van der Waals surface area contributed by atoms with Gasteiger partial charge in [0.1, 0.15) is 6.04 Å². The Morgan fingerprint density at radius 1 is 1.09 bits per heavy atom. The van der Waals surface area contributed by atoms with E-state index in [4.69, 9.17) is 18.6 Å². The number of ether oxygens (including phenoxy) is 3. The van der Waals surface area contributed by atoms with Crippen LogP contribution in [0.25, 0.3) is 0 Å². The first-order valence-corrected chi connectivity index (χ1v) is 11.6. The summed E-state index contributed by atoms with van der Waals surface area (Å²) in [5.74, 6) is -0.223. The van der Waals surface area contributed by atoms with Crippen molar-refractivity contribution in [3.63, 3.8) is 0 Å². The van der Waals surface area contributed by atoms with Gasteiger partial charge in [0.05, 0.1) is 33.6 Å². The first-order valence-electron chi connectivity index (χ1n) is 11.6. The summed E-state index contributed by atoms with van der Waals surface area (Å²) in [6.07, 6.45) is 5.28. The first-order chi connectivity index (χ1) is 17.0. The number of carbonyl (C=O) groups is 3. The third-order valence-corrected chi connectivity index (χ3v) is 5.99. The van der Waals surface area contributed by atoms with Gasteiger partial charge in [0.25, 0.3) is 5.91 Å². The van der Waals surface area contributed by atoms with Crippen molar-refractivity contribution < 1.29 is 33.0 Å². The maximum absolute atomic E-state index is 13.6. The van der Waals surface area contributed by atoms with Gasteiger partial charge in [-0.2, -0.15) is 0 Å². The van der Waals surface area contributed by atoms with Crippen LogP contribution in [0.5, 0.6) is 11.5 Å². The molecular weight excluding hydrogens is 454 g/mol. The fourth-order valence-electron chi connectivity index (χ4n) is 4.19. The number of amides is 3. The van der Waals surface area contributed by atoms with Crippen molar-refractivity contribution in [1.29, 1.82) is 0 Å². The highest BCUT2D eigenvalue weighted by atomic mass is 16.5. The number of nitrogens with zero attached hydrogens (tertiary/aromatic N) is 1. The number of carbonyl (C=O) groups excluding carboxylic acids is 3. The molecule has 1 atom stereocenters. The van der Waals surface area contributed by atoms with Gasteiger partial charge in [-0.25, -0.2) is 0 Å². The number of hydrogen-bond donors (Lipinski definition) is 2. The van der Waals surface area contributed by atoms with Gasteiger partial charge in [0.15, 0.2) is 17.3 Å². The van der Waals surface area contributed by atoms with Crippen LogP contribution in [-0.2, 0) is 14.3 Å². The lowest BCUT2D eigenvalue weighted by molar-refractivity contribution is -0.141. The van der Waals surface area contributed by atoms with Crippen LogP contribution in [0.15, 0.2) is 41.0 Å². The largest absolute Gasteiger partial charge is 0.493 e. The van der Waals surface area contributed by atoms with Crippen LogP contribution in [0.1, 0.15) is 47.8 Å². The molecule has 0 aliphatic heterocycles. The fourth-order valence-corrected chi connectivity index (χ4v) is 4.19. The zero-order chi connectivity index (χ0) is 25.2. The molecule has 1 aromatic carbocycles. The summed E-state index contributed by atoms with van der Waals surface area (Å²) in [5.41, 5.74) is 0.556. The SMILES string of the molecule is COCCN(C(=O)CNC(=O)c1ccco1)[C@H](C(=O)NC1CCCC1)c1ccc(OC)c(OC)c1. The Hall–Kier alpha value is -3.53. The summed E-state index contributed by atoms with van der Waals surface area (Å²) in [6.45, 7) is 0.0329. The summed E-state index contributed by atoms with van der Waals surface area (Å²) in [5, 5.41) is 5.65. The molecule has 0 radical (unpaired) electrons. The molecule has 3 rings (SSSR count). The number of rotatable bonds is 12. The molecule has 1 aliphatic rings. The van der Waals surface area contributed by atoms with Crippen LogP contribution < -0.4 is 20.1 Å². The molecule has 10 heteroatoms. The minimum absolute atomic E-state index is 0.0585. The van der Waals surface area contributed by atoms with Gasteiger partial charge in [0, 0.05) is 19.7 Å². The number of methoxy groups -OCH3 is 3. The van der Waals surface area contributed by atoms with E-state index >= 15 is 0 Å². The molecular formula is C25H33N3O7. The average molecular weight is 488 g/mol. The standard InChI is InChI=1S/C25H33N3O7/c1-32-14-12-28(22(29)16-26-24(30)20-9-6-13-35-20)23(25(31)27-18-7-4-5-8-18)17-10-11-19(33-2)21(15-17)34-3/h6,9-11,13,15,18,23H,4-5,7-8,12,14,16H2,1-3H3,(H,26,30)(H,27,31)/t23-/m0/s1. The Morgan fingerprint density at radius 3 is 2.46 bits per heavy atom. The second-order valence-electron chi connectivity index (χ2n) is 8.25. The average Bonchev–Trinajstić information content (AvgIpc) is 3.59. The first kappa shape index (κ1) is 26.1. The monoisotopic (exact) mass is 487 g/mol. The second kappa shape index (κ2) is 12.8. The number of nitrogens with one attached hydrogen (secondary N) is 2. The Bertz CT molecular complexity index is 987. The Balaban J connectivity index is 1.89. The van der Waals surface area contributed by atoms with E-state index < -0.39 is 17.9 Å². The molecule has 1 aromatic heterocycles. The minimum Gasteiger partial charge on any atom is -0.493 e. The summed E-state index contributed by atoms with van der Waals surface area (Å²) >= 11 is 0. The lowest BCUT2D eigenvalue weighted by Gasteiger charge is -2.32. The summed E-state index contributed by atoms with van der Waals surface area (Å²) in [7, 11) is 4.55. The predicted molar refractivity (Wildman–Crippen MR) is 127 cm³/mol. The molecule has 0 spiro atoms. The zero-order valence-electron chi connectivity index (χ0n) is 20.4. The molecule has 190 valence electrons. The highest BCUT2D eigenvalue weighted by Crippen LogP contribution is 2.32. The molecule has 1 saturated carbocycles. The molecule has 2 aromatic rings. The Kier molecular flexibility index (Phi) is 9.54. The van der Waals surface area contributed by atoms with E-state index in [0.717, 1.165) is 25.7 Å². The highest BCUT2D eigenvalue weighted by Gasteiger charge is 2.33. The van der Waals surface area contributed by atoms with Crippen molar-refractivity contribution in [2.24, 2.45) is 0 Å². The summed E-state index contributed by atoms with van der Waals surface area (Å²) in [6, 6.07) is 7.30. The quantitative estimate of drug-likeness (QED) is 0.471. The van der Waals surface area contributed by atoms with Crippen molar-refractivity contribution in [3.8, 4) is 11.5 Å². The van der Waals surface area contributed by atoms with Crippen LogP contribution in [0.4, 0.5) is 0 Å². The maximum atomic E-state index is 13.6. The Labute approximate surface area is 204 Å². The third kappa shape index (κ3) is 6.75. The Morgan fingerprint density at radius 2 is 1.83 bits per heavy atom. The van der Waals surface area contributed by atoms with Gasteiger partial charge in [-0.1, -0.05) is 18.9 Å².